The van der Waals surface area contributed by atoms with Gasteiger partial charge < -0.3 is 4.90 Å². The maximum atomic E-state index is 5.37. The summed E-state index contributed by atoms with van der Waals surface area (Å²) < 4.78 is 2.75. The van der Waals surface area contributed by atoms with E-state index in [0.717, 1.165) is 24.6 Å². The molecular weight excluding hydrogens is 268 g/mol. The van der Waals surface area contributed by atoms with Crippen molar-refractivity contribution in [1.29, 1.82) is 0 Å². The van der Waals surface area contributed by atoms with Crippen molar-refractivity contribution in [2.24, 2.45) is 0 Å². The van der Waals surface area contributed by atoms with Crippen molar-refractivity contribution in [2.45, 2.75) is 32.6 Å². The third-order valence-corrected chi connectivity index (χ3v) is 4.15. The molecule has 20 heavy (non-hydrogen) atoms. The van der Waals surface area contributed by atoms with Crippen LogP contribution >= 0.6 is 12.2 Å². The van der Waals surface area contributed by atoms with E-state index in [1.165, 1.54) is 18.5 Å². The minimum absolute atomic E-state index is 0.574. The summed E-state index contributed by atoms with van der Waals surface area (Å²) in [4.78, 5) is 2.33. The zero-order valence-corrected chi connectivity index (χ0v) is 12.8. The Balaban J connectivity index is 1.95. The van der Waals surface area contributed by atoms with Gasteiger partial charge in [-0.3, -0.25) is 9.67 Å². The van der Waals surface area contributed by atoms with E-state index >= 15 is 0 Å². The number of aromatic nitrogens is 3. The van der Waals surface area contributed by atoms with Crippen LogP contribution in [0.4, 0.5) is 5.69 Å². The van der Waals surface area contributed by atoms with Gasteiger partial charge >= 0.3 is 0 Å². The lowest BCUT2D eigenvalue weighted by Gasteiger charge is -2.21. The Morgan fingerprint density at radius 2 is 1.90 bits per heavy atom. The Kier molecular flexibility index (Phi) is 3.61. The van der Waals surface area contributed by atoms with E-state index < -0.39 is 0 Å². The molecule has 1 saturated carbocycles. The largest absolute Gasteiger partial charge is 0.372 e. The van der Waals surface area contributed by atoms with Crippen LogP contribution in [0, 0.1) is 4.77 Å². The monoisotopic (exact) mass is 288 g/mol. The summed E-state index contributed by atoms with van der Waals surface area (Å²) >= 11 is 5.37. The molecule has 4 nitrogen and oxygen atoms in total. The SMILES string of the molecule is CCN(CC)c1ccc(-n2c(C3CC3)n[nH]c2=S)cc1. The normalized spacial score (nSPS) is 14.5. The lowest BCUT2D eigenvalue weighted by molar-refractivity contribution is 0.858. The zero-order valence-electron chi connectivity index (χ0n) is 12.0. The fourth-order valence-corrected chi connectivity index (χ4v) is 2.82. The Hall–Kier alpha value is -1.62. The van der Waals surface area contributed by atoms with Crippen molar-refractivity contribution in [2.75, 3.05) is 18.0 Å². The molecule has 1 N–H and O–H groups in total. The highest BCUT2D eigenvalue weighted by Crippen LogP contribution is 2.39. The second kappa shape index (κ2) is 5.40. The number of nitrogens with zero attached hydrogens (tertiary/aromatic N) is 3. The lowest BCUT2D eigenvalue weighted by atomic mass is 10.2. The molecule has 1 fully saturated rings. The van der Waals surface area contributed by atoms with Crippen molar-refractivity contribution in [3.63, 3.8) is 0 Å². The summed E-state index contributed by atoms with van der Waals surface area (Å²) in [6.45, 7) is 6.40. The lowest BCUT2D eigenvalue weighted by Crippen LogP contribution is -2.21. The van der Waals surface area contributed by atoms with Gasteiger partial charge in [0.25, 0.3) is 0 Å². The topological polar surface area (TPSA) is 36.9 Å². The van der Waals surface area contributed by atoms with Crippen LogP contribution in [0.5, 0.6) is 0 Å². The number of hydrogen-bond donors (Lipinski definition) is 1. The summed E-state index contributed by atoms with van der Waals surface area (Å²) in [6, 6.07) is 8.58. The minimum Gasteiger partial charge on any atom is -0.372 e. The molecule has 1 aliphatic carbocycles. The predicted octanol–water partition coefficient (Wildman–Crippen LogP) is 3.65. The number of H-pyrrole nitrogens is 1. The molecule has 0 bridgehead atoms. The molecule has 0 amide bonds. The van der Waals surface area contributed by atoms with Gasteiger partial charge in [0.15, 0.2) is 4.77 Å². The van der Waals surface area contributed by atoms with E-state index in [0.29, 0.717) is 10.7 Å². The Morgan fingerprint density at radius 1 is 1.25 bits per heavy atom. The van der Waals surface area contributed by atoms with Gasteiger partial charge in [-0.05, 0) is 63.2 Å². The Bertz CT molecular complexity index is 633. The molecule has 1 aromatic heterocycles. The second-order valence-corrected chi connectivity index (χ2v) is 5.57. The zero-order chi connectivity index (χ0) is 14.1. The highest BCUT2D eigenvalue weighted by atomic mass is 32.1. The van der Waals surface area contributed by atoms with Gasteiger partial charge in [0, 0.05) is 30.4 Å². The molecule has 0 unspecified atom stereocenters. The number of aromatic amines is 1. The summed E-state index contributed by atoms with van der Waals surface area (Å²) in [5.74, 6) is 1.65. The molecule has 0 aliphatic heterocycles. The predicted molar refractivity (Wildman–Crippen MR) is 84.3 cm³/mol. The average molecular weight is 288 g/mol. The number of hydrogen-bond acceptors (Lipinski definition) is 3. The van der Waals surface area contributed by atoms with Gasteiger partial charge in [-0.15, -0.1) is 0 Å². The molecule has 1 aliphatic rings. The quantitative estimate of drug-likeness (QED) is 0.853. The second-order valence-electron chi connectivity index (χ2n) is 5.19. The van der Waals surface area contributed by atoms with Crippen molar-refractivity contribution in [3.05, 3.63) is 34.9 Å². The average Bonchev–Trinajstić information content (AvgIpc) is 3.24. The van der Waals surface area contributed by atoms with E-state index in [1.807, 2.05) is 0 Å². The van der Waals surface area contributed by atoms with Crippen LogP contribution in [0.3, 0.4) is 0 Å². The first-order chi connectivity index (χ1) is 9.74. The van der Waals surface area contributed by atoms with Gasteiger partial charge in [0.1, 0.15) is 5.82 Å². The van der Waals surface area contributed by atoms with Gasteiger partial charge in [0.05, 0.1) is 0 Å². The van der Waals surface area contributed by atoms with Gasteiger partial charge in [-0.2, -0.15) is 5.10 Å². The van der Waals surface area contributed by atoms with Crippen molar-refractivity contribution in [1.82, 2.24) is 14.8 Å². The number of anilines is 1. The fourth-order valence-electron chi connectivity index (χ4n) is 2.58. The minimum atomic E-state index is 0.574. The van der Waals surface area contributed by atoms with E-state index in [4.69, 9.17) is 12.2 Å². The fraction of sp³-hybridized carbons (Fsp3) is 0.467. The maximum absolute atomic E-state index is 5.37. The van der Waals surface area contributed by atoms with Gasteiger partial charge in [-0.25, -0.2) is 0 Å². The van der Waals surface area contributed by atoms with Crippen LogP contribution in [0.15, 0.2) is 24.3 Å². The molecule has 106 valence electrons. The first-order valence-electron chi connectivity index (χ1n) is 7.27. The van der Waals surface area contributed by atoms with E-state index in [-0.39, 0.29) is 0 Å². The molecule has 0 atom stereocenters. The summed E-state index contributed by atoms with van der Waals surface area (Å²) in [7, 11) is 0. The maximum Gasteiger partial charge on any atom is 0.199 e. The molecule has 5 heteroatoms. The van der Waals surface area contributed by atoms with E-state index in [9.17, 15) is 0 Å². The molecule has 0 saturated heterocycles. The third-order valence-electron chi connectivity index (χ3n) is 3.88. The van der Waals surface area contributed by atoms with Gasteiger partial charge in [0.2, 0.25) is 0 Å². The summed E-state index contributed by atoms with van der Waals surface area (Å²) in [5, 5.41) is 7.30. The molecule has 0 radical (unpaired) electrons. The summed E-state index contributed by atoms with van der Waals surface area (Å²) in [6.07, 6.45) is 2.44. The Morgan fingerprint density at radius 3 is 2.45 bits per heavy atom. The summed E-state index contributed by atoms with van der Waals surface area (Å²) in [5.41, 5.74) is 2.35. The van der Waals surface area contributed by atoms with Crippen molar-refractivity contribution in [3.8, 4) is 5.69 Å². The highest BCUT2D eigenvalue weighted by Gasteiger charge is 2.29. The first kappa shape index (κ1) is 13.4. The van der Waals surface area contributed by atoms with E-state index in [2.05, 4.69) is 57.8 Å². The van der Waals surface area contributed by atoms with Crippen LogP contribution in [0.25, 0.3) is 5.69 Å². The number of benzene rings is 1. The van der Waals surface area contributed by atoms with Crippen LogP contribution < -0.4 is 4.90 Å². The van der Waals surface area contributed by atoms with Crippen LogP contribution in [0.2, 0.25) is 0 Å². The van der Waals surface area contributed by atoms with Crippen LogP contribution in [0.1, 0.15) is 38.4 Å². The molecule has 2 aromatic rings. The van der Waals surface area contributed by atoms with Crippen LogP contribution in [-0.4, -0.2) is 27.9 Å². The number of rotatable bonds is 5. The van der Waals surface area contributed by atoms with Crippen molar-refractivity contribution >= 4 is 17.9 Å². The molecule has 0 spiro atoms. The molecule has 3 rings (SSSR count). The highest BCUT2D eigenvalue weighted by molar-refractivity contribution is 7.71. The molecular formula is C15H20N4S. The van der Waals surface area contributed by atoms with Gasteiger partial charge in [-0.1, -0.05) is 0 Å². The standard InChI is InChI=1S/C15H20N4S/c1-3-18(4-2)12-7-9-13(10-8-12)19-14(11-5-6-11)16-17-15(19)20/h7-11H,3-6H2,1-2H3,(H,17,20). The van der Waals surface area contributed by atoms with Crippen LogP contribution in [-0.2, 0) is 0 Å². The molecule has 1 aromatic carbocycles. The van der Waals surface area contributed by atoms with E-state index in [1.54, 1.807) is 0 Å². The molecule has 1 heterocycles. The smallest absolute Gasteiger partial charge is 0.199 e. The Labute approximate surface area is 124 Å². The van der Waals surface area contributed by atoms with Crippen molar-refractivity contribution < 1.29 is 0 Å². The third kappa shape index (κ3) is 2.38. The number of nitrogens with one attached hydrogen (secondary N) is 1. The first-order valence-corrected chi connectivity index (χ1v) is 7.68.